The lowest BCUT2D eigenvalue weighted by molar-refractivity contribution is -0.114. The molecule has 2 fully saturated rings. The first-order valence-corrected chi connectivity index (χ1v) is 10.7. The number of morpholine rings is 1. The van der Waals surface area contributed by atoms with Crippen LogP contribution in [-0.2, 0) is 17.7 Å². The van der Waals surface area contributed by atoms with Crippen molar-refractivity contribution in [3.05, 3.63) is 60.0 Å². The summed E-state index contributed by atoms with van der Waals surface area (Å²) >= 11 is 0. The van der Waals surface area contributed by atoms with Crippen molar-refractivity contribution >= 4 is 41.9 Å². The van der Waals surface area contributed by atoms with E-state index in [1.165, 1.54) is 5.56 Å². The van der Waals surface area contributed by atoms with Crippen molar-refractivity contribution in [2.75, 3.05) is 32.8 Å². The summed E-state index contributed by atoms with van der Waals surface area (Å²) in [7, 11) is 0. The summed E-state index contributed by atoms with van der Waals surface area (Å²) in [6.45, 7) is 4.55. The van der Waals surface area contributed by atoms with Crippen molar-refractivity contribution in [3.8, 4) is 0 Å². The molecule has 7 nitrogen and oxygen atoms in total. The van der Waals surface area contributed by atoms with Gasteiger partial charge in [-0.2, -0.15) is 0 Å². The van der Waals surface area contributed by atoms with Gasteiger partial charge >= 0.3 is 0 Å². The largest absolute Gasteiger partial charge is 0.371 e. The molecular weight excluding hydrogens is 449 g/mol. The number of aromatic nitrogens is 3. The van der Waals surface area contributed by atoms with Crippen LogP contribution in [0.3, 0.4) is 0 Å². The Balaban J connectivity index is 0.00000144. The zero-order chi connectivity index (χ0) is 20.4. The molecule has 1 aromatic carbocycles. The second-order valence-corrected chi connectivity index (χ2v) is 8.25. The van der Waals surface area contributed by atoms with E-state index < -0.39 is 0 Å². The Morgan fingerprint density at radius 1 is 1.12 bits per heavy atom. The van der Waals surface area contributed by atoms with E-state index >= 15 is 0 Å². The Labute approximate surface area is 200 Å². The molecule has 0 unspecified atom stereocenters. The van der Waals surface area contributed by atoms with Crippen LogP contribution >= 0.6 is 24.8 Å². The van der Waals surface area contributed by atoms with Gasteiger partial charge in [-0.05, 0) is 44.0 Å². The average molecular weight is 478 g/mol. The molecule has 3 aromatic rings. The highest BCUT2D eigenvalue weighted by Gasteiger charge is 2.39. The van der Waals surface area contributed by atoms with Crippen LogP contribution in [0.25, 0.3) is 11.2 Å². The molecule has 1 N–H and O–H groups in total. The number of halogens is 2. The van der Waals surface area contributed by atoms with E-state index in [1.54, 1.807) is 6.20 Å². The van der Waals surface area contributed by atoms with Gasteiger partial charge in [0, 0.05) is 19.3 Å². The van der Waals surface area contributed by atoms with Crippen LogP contribution in [0.4, 0.5) is 0 Å². The maximum atomic E-state index is 13.2. The third-order valence-electron chi connectivity index (χ3n) is 6.24. The lowest BCUT2D eigenvalue weighted by atomic mass is 9.90. The van der Waals surface area contributed by atoms with Crippen molar-refractivity contribution < 1.29 is 9.53 Å². The summed E-state index contributed by atoms with van der Waals surface area (Å²) in [6.07, 6.45) is 6.31. The summed E-state index contributed by atoms with van der Waals surface area (Å²) in [5, 5.41) is 3.37. The number of benzene rings is 1. The van der Waals surface area contributed by atoms with Crippen LogP contribution in [0, 0.1) is 0 Å². The van der Waals surface area contributed by atoms with Crippen molar-refractivity contribution in [1.29, 1.82) is 0 Å². The van der Waals surface area contributed by atoms with Crippen LogP contribution in [0.5, 0.6) is 0 Å². The number of imidazole rings is 1. The highest BCUT2D eigenvalue weighted by atomic mass is 35.5. The summed E-state index contributed by atoms with van der Waals surface area (Å²) in [5.74, 6) is 0.0180. The molecule has 1 amide bonds. The van der Waals surface area contributed by atoms with Gasteiger partial charge in [-0.3, -0.25) is 4.79 Å². The molecule has 1 spiro atoms. The molecule has 0 saturated carbocycles. The topological polar surface area (TPSA) is 72.3 Å². The first-order chi connectivity index (χ1) is 14.7. The quantitative estimate of drug-likeness (QED) is 0.624. The molecule has 2 aromatic heterocycles. The van der Waals surface area contributed by atoms with Crippen LogP contribution in [0.1, 0.15) is 28.8 Å². The van der Waals surface area contributed by atoms with Crippen molar-refractivity contribution in [2.24, 2.45) is 0 Å². The third-order valence-corrected chi connectivity index (χ3v) is 6.24. The normalized spacial score (nSPS) is 17.6. The second-order valence-electron chi connectivity index (χ2n) is 8.25. The molecule has 0 atom stereocenters. The summed E-state index contributed by atoms with van der Waals surface area (Å²) in [5.41, 5.74) is 3.26. The molecule has 32 heavy (non-hydrogen) atoms. The predicted molar refractivity (Wildman–Crippen MR) is 129 cm³/mol. The van der Waals surface area contributed by atoms with E-state index in [0.717, 1.165) is 50.1 Å². The molecule has 9 heteroatoms. The van der Waals surface area contributed by atoms with Crippen molar-refractivity contribution in [2.45, 2.75) is 31.4 Å². The maximum absolute atomic E-state index is 13.2. The Bertz CT molecular complexity index is 1030. The van der Waals surface area contributed by atoms with Gasteiger partial charge in [0.25, 0.3) is 5.91 Å². The zero-order valence-corrected chi connectivity index (χ0v) is 19.5. The summed E-state index contributed by atoms with van der Waals surface area (Å²) in [6, 6.07) is 12.3. The smallest absolute Gasteiger partial charge is 0.255 e. The SMILES string of the molecule is Cl.Cl.O=C(c1cnc2c(c1)ncn2CCc1ccccc1)N1CCOC2(CCNCC2)C1. The van der Waals surface area contributed by atoms with Gasteiger partial charge in [0.2, 0.25) is 0 Å². The Morgan fingerprint density at radius 3 is 2.69 bits per heavy atom. The molecular formula is C23H29Cl2N5O2. The molecule has 0 radical (unpaired) electrons. The molecule has 2 aliphatic rings. The highest BCUT2D eigenvalue weighted by molar-refractivity contribution is 5.96. The minimum Gasteiger partial charge on any atom is -0.371 e. The first-order valence-electron chi connectivity index (χ1n) is 10.7. The number of nitrogens with zero attached hydrogens (tertiary/aromatic N) is 4. The standard InChI is InChI=1S/C23H27N5O2.2ClH/c29-22(27-12-13-30-23(16-27)7-9-24-10-8-23)19-14-20-21(25-15-19)28(17-26-20)11-6-18-4-2-1-3-5-18;;/h1-5,14-15,17,24H,6-13,16H2;2*1H. The number of amides is 1. The Morgan fingerprint density at radius 2 is 1.91 bits per heavy atom. The second kappa shape index (κ2) is 10.6. The monoisotopic (exact) mass is 477 g/mol. The summed E-state index contributed by atoms with van der Waals surface area (Å²) in [4.78, 5) is 24.2. The number of hydrogen-bond donors (Lipinski definition) is 1. The molecule has 0 aliphatic carbocycles. The molecule has 2 aliphatic heterocycles. The van der Waals surface area contributed by atoms with Gasteiger partial charge in [0.15, 0.2) is 5.65 Å². The first kappa shape index (κ1) is 24.5. The van der Waals surface area contributed by atoms with E-state index in [0.29, 0.717) is 25.3 Å². The minimum absolute atomic E-state index is 0. The average Bonchev–Trinajstić information content (AvgIpc) is 3.21. The van der Waals surface area contributed by atoms with E-state index in [4.69, 9.17) is 4.74 Å². The number of carbonyl (C=O) groups is 1. The molecule has 2 saturated heterocycles. The number of rotatable bonds is 4. The number of pyridine rings is 1. The number of hydrogen-bond acceptors (Lipinski definition) is 5. The van der Waals surface area contributed by atoms with Gasteiger partial charge < -0.3 is 19.5 Å². The molecule has 0 bridgehead atoms. The van der Waals surface area contributed by atoms with E-state index in [1.807, 2.05) is 23.4 Å². The molecule has 172 valence electrons. The lowest BCUT2D eigenvalue weighted by Crippen LogP contribution is -2.57. The van der Waals surface area contributed by atoms with Crippen molar-refractivity contribution in [3.63, 3.8) is 0 Å². The fourth-order valence-corrected chi connectivity index (χ4v) is 4.51. The van der Waals surface area contributed by atoms with Gasteiger partial charge in [0.05, 0.1) is 30.6 Å². The number of nitrogens with one attached hydrogen (secondary N) is 1. The number of carbonyl (C=O) groups excluding carboxylic acids is 1. The van der Waals surface area contributed by atoms with E-state index in [-0.39, 0.29) is 36.3 Å². The molecule has 5 rings (SSSR count). The zero-order valence-electron chi connectivity index (χ0n) is 17.9. The Hall–Kier alpha value is -2.19. The minimum atomic E-state index is -0.199. The van der Waals surface area contributed by atoms with Crippen molar-refractivity contribution in [1.82, 2.24) is 24.8 Å². The van der Waals surface area contributed by atoms with Crippen LogP contribution in [0.15, 0.2) is 48.9 Å². The van der Waals surface area contributed by atoms with Crippen LogP contribution < -0.4 is 5.32 Å². The fraction of sp³-hybridized carbons (Fsp3) is 0.435. The highest BCUT2D eigenvalue weighted by Crippen LogP contribution is 2.28. The number of fused-ring (bicyclic) bond motifs is 1. The number of ether oxygens (including phenoxy) is 1. The van der Waals surface area contributed by atoms with E-state index in [2.05, 4.69) is 44.1 Å². The number of piperidine rings is 1. The lowest BCUT2D eigenvalue weighted by Gasteiger charge is -2.45. The predicted octanol–water partition coefficient (Wildman–Crippen LogP) is 3.11. The molecule has 4 heterocycles. The van der Waals surface area contributed by atoms with Gasteiger partial charge in [-0.15, -0.1) is 24.8 Å². The van der Waals surface area contributed by atoms with E-state index in [9.17, 15) is 4.79 Å². The van der Waals surface area contributed by atoms with Gasteiger partial charge in [0.1, 0.15) is 5.52 Å². The summed E-state index contributed by atoms with van der Waals surface area (Å²) < 4.78 is 8.15. The number of aryl methyl sites for hydroxylation is 2. The van der Waals surface area contributed by atoms with Crippen LogP contribution in [-0.4, -0.2) is 63.7 Å². The maximum Gasteiger partial charge on any atom is 0.255 e. The third kappa shape index (κ3) is 5.07. The fourth-order valence-electron chi connectivity index (χ4n) is 4.51. The van der Waals surface area contributed by atoms with Gasteiger partial charge in [-0.25, -0.2) is 9.97 Å². The Kier molecular flexibility index (Phi) is 8.11. The van der Waals surface area contributed by atoms with Crippen LogP contribution in [0.2, 0.25) is 0 Å². The van der Waals surface area contributed by atoms with Gasteiger partial charge in [-0.1, -0.05) is 30.3 Å².